The zero-order valence-electron chi connectivity index (χ0n) is 10.4. The van der Waals surface area contributed by atoms with Gasteiger partial charge in [0.15, 0.2) is 6.71 Å². The lowest BCUT2D eigenvalue weighted by molar-refractivity contribution is 0.155. The lowest BCUT2D eigenvalue weighted by Crippen LogP contribution is -2.23. The molecular formula is C14H21BO. The van der Waals surface area contributed by atoms with E-state index in [1.807, 2.05) is 0 Å². The summed E-state index contributed by atoms with van der Waals surface area (Å²) >= 11 is 0. The maximum atomic E-state index is 5.99. The van der Waals surface area contributed by atoms with Crippen LogP contribution in [0.4, 0.5) is 0 Å². The van der Waals surface area contributed by atoms with Crippen molar-refractivity contribution < 1.29 is 4.74 Å². The Balaban J connectivity index is 1.93. The van der Waals surface area contributed by atoms with Gasteiger partial charge in [-0.3, -0.25) is 0 Å². The highest BCUT2D eigenvalue weighted by Crippen LogP contribution is 2.22. The molecule has 2 rings (SSSR count). The summed E-state index contributed by atoms with van der Waals surface area (Å²) in [6.07, 6.45) is 6.95. The second-order valence-corrected chi connectivity index (χ2v) is 5.10. The number of hydrogen-bond acceptors (Lipinski definition) is 1. The van der Waals surface area contributed by atoms with Gasteiger partial charge in [0.1, 0.15) is 5.75 Å². The maximum absolute atomic E-state index is 5.99. The third-order valence-corrected chi connectivity index (χ3v) is 3.40. The zero-order valence-corrected chi connectivity index (χ0v) is 10.4. The fourth-order valence-corrected chi connectivity index (χ4v) is 2.31. The van der Waals surface area contributed by atoms with E-state index in [2.05, 4.69) is 37.9 Å². The number of rotatable bonds is 3. The van der Waals surface area contributed by atoms with E-state index in [4.69, 9.17) is 4.74 Å². The van der Waals surface area contributed by atoms with Gasteiger partial charge >= 0.3 is 0 Å². The zero-order chi connectivity index (χ0) is 11.4. The van der Waals surface area contributed by atoms with Crippen molar-refractivity contribution >= 4 is 12.2 Å². The van der Waals surface area contributed by atoms with Gasteiger partial charge in [0, 0.05) is 0 Å². The molecule has 16 heavy (non-hydrogen) atoms. The second kappa shape index (κ2) is 5.42. The molecule has 1 fully saturated rings. The van der Waals surface area contributed by atoms with Crippen molar-refractivity contribution in [2.45, 2.75) is 51.9 Å². The molecule has 0 saturated heterocycles. The number of ether oxygens (including phenoxy) is 1. The van der Waals surface area contributed by atoms with Crippen molar-refractivity contribution in [1.82, 2.24) is 0 Å². The van der Waals surface area contributed by atoms with Crippen LogP contribution in [0, 0.1) is 0 Å². The molecule has 1 saturated carbocycles. The van der Waals surface area contributed by atoms with Crippen molar-refractivity contribution in [1.29, 1.82) is 0 Å². The first-order valence-electron chi connectivity index (χ1n) is 6.52. The largest absolute Gasteiger partial charge is 0.490 e. The summed E-state index contributed by atoms with van der Waals surface area (Å²) in [4.78, 5) is 0. The molecule has 0 atom stereocenters. The van der Waals surface area contributed by atoms with Gasteiger partial charge in [-0.05, 0) is 37.8 Å². The van der Waals surface area contributed by atoms with Crippen molar-refractivity contribution in [2.24, 2.45) is 0 Å². The van der Waals surface area contributed by atoms with Crippen LogP contribution in [0.2, 0.25) is 13.6 Å². The predicted octanol–water partition coefficient (Wildman–Crippen LogP) is 3.36. The average Bonchev–Trinajstić information content (AvgIpc) is 2.31. The van der Waals surface area contributed by atoms with Crippen LogP contribution in [0.5, 0.6) is 5.75 Å². The van der Waals surface area contributed by atoms with Crippen LogP contribution >= 0.6 is 0 Å². The van der Waals surface area contributed by atoms with Crippen molar-refractivity contribution in [3.05, 3.63) is 24.3 Å². The molecular weight excluding hydrogens is 195 g/mol. The van der Waals surface area contributed by atoms with E-state index in [0.29, 0.717) is 12.8 Å². The molecule has 0 aliphatic heterocycles. The van der Waals surface area contributed by atoms with Gasteiger partial charge in [0.05, 0.1) is 6.10 Å². The highest BCUT2D eigenvalue weighted by molar-refractivity contribution is 6.70. The smallest absolute Gasteiger partial charge is 0.169 e. The molecule has 0 aromatic heterocycles. The third-order valence-electron chi connectivity index (χ3n) is 3.40. The van der Waals surface area contributed by atoms with E-state index in [1.165, 1.54) is 37.6 Å². The molecule has 1 aliphatic carbocycles. The molecule has 0 heterocycles. The van der Waals surface area contributed by atoms with Gasteiger partial charge in [0.2, 0.25) is 0 Å². The maximum Gasteiger partial charge on any atom is 0.169 e. The van der Waals surface area contributed by atoms with Gasteiger partial charge < -0.3 is 4.74 Å². The lowest BCUT2D eigenvalue weighted by atomic mass is 9.49. The normalized spacial score (nSPS) is 17.1. The Morgan fingerprint density at radius 3 is 2.19 bits per heavy atom. The van der Waals surface area contributed by atoms with Crippen LogP contribution in [-0.4, -0.2) is 12.8 Å². The summed E-state index contributed by atoms with van der Waals surface area (Å²) in [5.41, 5.74) is 1.39. The van der Waals surface area contributed by atoms with E-state index in [0.717, 1.165) is 5.75 Å². The summed E-state index contributed by atoms with van der Waals surface area (Å²) in [5, 5.41) is 0. The monoisotopic (exact) mass is 216 g/mol. The second-order valence-electron chi connectivity index (χ2n) is 5.10. The first-order chi connectivity index (χ1) is 7.75. The Morgan fingerprint density at radius 1 is 1.00 bits per heavy atom. The Morgan fingerprint density at radius 2 is 1.62 bits per heavy atom. The first kappa shape index (κ1) is 11.6. The lowest BCUT2D eigenvalue weighted by Gasteiger charge is -2.23. The minimum absolute atomic E-state index is 0.457. The van der Waals surface area contributed by atoms with Gasteiger partial charge in [-0.1, -0.05) is 37.7 Å². The molecule has 0 spiro atoms. The van der Waals surface area contributed by atoms with Gasteiger partial charge in [-0.2, -0.15) is 0 Å². The fraction of sp³-hybridized carbons (Fsp3) is 0.571. The fourth-order valence-electron chi connectivity index (χ4n) is 2.31. The molecule has 1 aliphatic rings. The minimum atomic E-state index is 0.457. The summed E-state index contributed by atoms with van der Waals surface area (Å²) in [5.74, 6) is 1.04. The van der Waals surface area contributed by atoms with Crippen LogP contribution in [0.15, 0.2) is 24.3 Å². The molecule has 0 amide bonds. The first-order valence-corrected chi connectivity index (χ1v) is 6.52. The summed E-state index contributed by atoms with van der Waals surface area (Å²) < 4.78 is 5.99. The van der Waals surface area contributed by atoms with Crippen LogP contribution < -0.4 is 10.2 Å². The van der Waals surface area contributed by atoms with E-state index in [1.54, 1.807) is 0 Å². The highest BCUT2D eigenvalue weighted by Gasteiger charge is 2.14. The molecule has 2 heteroatoms. The number of hydrogen-bond donors (Lipinski definition) is 0. The van der Waals surface area contributed by atoms with Crippen molar-refractivity contribution in [3.63, 3.8) is 0 Å². The Labute approximate surface area is 99.3 Å². The Kier molecular flexibility index (Phi) is 3.92. The standard InChI is InChI=1S/C14H21BO/c1-15(2)12-8-10-14(11-9-12)16-13-6-4-3-5-7-13/h8-11,13H,3-7H2,1-2H3. The summed E-state index contributed by atoms with van der Waals surface area (Å²) in [6, 6.07) is 8.60. The Bertz CT molecular complexity index is 312. The van der Waals surface area contributed by atoms with Crippen molar-refractivity contribution in [3.8, 4) is 5.75 Å². The molecule has 0 N–H and O–H groups in total. The average molecular weight is 216 g/mol. The van der Waals surface area contributed by atoms with Crippen molar-refractivity contribution in [2.75, 3.05) is 0 Å². The Hall–Kier alpha value is -0.915. The predicted molar refractivity (Wildman–Crippen MR) is 71.1 cm³/mol. The summed E-state index contributed by atoms with van der Waals surface area (Å²) in [7, 11) is 0. The topological polar surface area (TPSA) is 9.23 Å². The van der Waals surface area contributed by atoms with Crippen LogP contribution in [0.3, 0.4) is 0 Å². The van der Waals surface area contributed by atoms with E-state index in [-0.39, 0.29) is 0 Å². The molecule has 0 unspecified atom stereocenters. The van der Waals surface area contributed by atoms with E-state index in [9.17, 15) is 0 Å². The highest BCUT2D eigenvalue weighted by atomic mass is 16.5. The quantitative estimate of drug-likeness (QED) is 0.704. The third kappa shape index (κ3) is 3.04. The minimum Gasteiger partial charge on any atom is -0.490 e. The SMILES string of the molecule is CB(C)c1ccc(OC2CCCCC2)cc1. The molecule has 1 nitrogen and oxygen atoms in total. The number of benzene rings is 1. The molecule has 1 aromatic carbocycles. The van der Waals surface area contributed by atoms with Crippen LogP contribution in [-0.2, 0) is 0 Å². The van der Waals surface area contributed by atoms with Gasteiger partial charge in [-0.15, -0.1) is 0 Å². The molecule has 0 bridgehead atoms. The molecule has 86 valence electrons. The van der Waals surface area contributed by atoms with E-state index < -0.39 is 0 Å². The molecule has 1 aromatic rings. The van der Waals surface area contributed by atoms with Crippen LogP contribution in [0.25, 0.3) is 0 Å². The molecule has 0 radical (unpaired) electrons. The summed E-state index contributed by atoms with van der Waals surface area (Å²) in [6.45, 7) is 5.04. The van der Waals surface area contributed by atoms with Gasteiger partial charge in [0.25, 0.3) is 0 Å². The van der Waals surface area contributed by atoms with E-state index >= 15 is 0 Å². The van der Waals surface area contributed by atoms with Crippen LogP contribution in [0.1, 0.15) is 32.1 Å². The van der Waals surface area contributed by atoms with Gasteiger partial charge in [-0.25, -0.2) is 0 Å².